The standard InChI is InChI=1S/C14H20O4S/c1-11(18-9-12-5-3-2-4-6-12)14-7-13(8-14)10-19(15,16)17/h2-6,11,13-14H,7-10H2,1H3,(H,15,16,17). The average Bonchev–Trinajstić information content (AvgIpc) is 2.30. The highest BCUT2D eigenvalue weighted by atomic mass is 32.2. The van der Waals surface area contributed by atoms with Crippen LogP contribution in [0.2, 0.25) is 0 Å². The Bertz CT molecular complexity index is 491. The Hall–Kier alpha value is -0.910. The van der Waals surface area contributed by atoms with E-state index in [2.05, 4.69) is 0 Å². The molecule has 0 amide bonds. The van der Waals surface area contributed by atoms with Crippen molar-refractivity contribution in [2.75, 3.05) is 5.75 Å². The van der Waals surface area contributed by atoms with Crippen molar-refractivity contribution >= 4 is 10.1 Å². The molecule has 1 N–H and O–H groups in total. The van der Waals surface area contributed by atoms with Crippen molar-refractivity contribution in [1.82, 2.24) is 0 Å². The minimum atomic E-state index is -3.83. The fraction of sp³-hybridized carbons (Fsp3) is 0.571. The number of hydrogen-bond acceptors (Lipinski definition) is 3. The number of ether oxygens (including phenoxy) is 1. The quantitative estimate of drug-likeness (QED) is 0.815. The van der Waals surface area contributed by atoms with Crippen LogP contribution < -0.4 is 0 Å². The van der Waals surface area contributed by atoms with Crippen LogP contribution in [-0.2, 0) is 21.5 Å². The maximum Gasteiger partial charge on any atom is 0.265 e. The molecule has 0 aliphatic heterocycles. The van der Waals surface area contributed by atoms with Crippen LogP contribution in [-0.4, -0.2) is 24.8 Å². The summed E-state index contributed by atoms with van der Waals surface area (Å²) in [6.45, 7) is 2.61. The second kappa shape index (κ2) is 6.03. The summed E-state index contributed by atoms with van der Waals surface area (Å²) in [5, 5.41) is 0. The highest BCUT2D eigenvalue weighted by molar-refractivity contribution is 7.85. The first-order chi connectivity index (χ1) is 8.94. The molecule has 0 bridgehead atoms. The monoisotopic (exact) mass is 284 g/mol. The zero-order valence-corrected chi connectivity index (χ0v) is 11.8. The molecule has 19 heavy (non-hydrogen) atoms. The van der Waals surface area contributed by atoms with E-state index < -0.39 is 10.1 Å². The van der Waals surface area contributed by atoms with Crippen molar-refractivity contribution in [3.05, 3.63) is 35.9 Å². The van der Waals surface area contributed by atoms with E-state index in [-0.39, 0.29) is 17.8 Å². The van der Waals surface area contributed by atoms with Crippen molar-refractivity contribution < 1.29 is 17.7 Å². The molecule has 1 aliphatic carbocycles. The molecule has 1 unspecified atom stereocenters. The average molecular weight is 284 g/mol. The van der Waals surface area contributed by atoms with E-state index in [4.69, 9.17) is 9.29 Å². The molecule has 1 saturated carbocycles. The molecule has 106 valence electrons. The van der Waals surface area contributed by atoms with Crippen LogP contribution >= 0.6 is 0 Å². The fourth-order valence-electron chi connectivity index (χ4n) is 2.54. The maximum atomic E-state index is 10.7. The summed E-state index contributed by atoms with van der Waals surface area (Å²) in [4.78, 5) is 0. The van der Waals surface area contributed by atoms with Crippen LogP contribution in [0.25, 0.3) is 0 Å². The minimum absolute atomic E-state index is 0.0859. The lowest BCUT2D eigenvalue weighted by atomic mass is 9.73. The first-order valence-corrected chi connectivity index (χ1v) is 8.15. The van der Waals surface area contributed by atoms with Gasteiger partial charge in [-0.3, -0.25) is 4.55 Å². The Morgan fingerprint density at radius 2 is 1.95 bits per heavy atom. The molecule has 1 aliphatic rings. The van der Waals surface area contributed by atoms with Gasteiger partial charge in [0.05, 0.1) is 18.5 Å². The van der Waals surface area contributed by atoms with E-state index in [1.165, 1.54) is 0 Å². The Morgan fingerprint density at radius 3 is 2.53 bits per heavy atom. The molecule has 1 aromatic carbocycles. The summed E-state index contributed by atoms with van der Waals surface area (Å²) < 4.78 is 36.1. The maximum absolute atomic E-state index is 10.7. The van der Waals surface area contributed by atoms with Crippen molar-refractivity contribution in [3.63, 3.8) is 0 Å². The van der Waals surface area contributed by atoms with Gasteiger partial charge in [0.25, 0.3) is 10.1 Å². The molecule has 1 aromatic rings. The third kappa shape index (κ3) is 4.60. The zero-order valence-electron chi connectivity index (χ0n) is 11.0. The van der Waals surface area contributed by atoms with Crippen LogP contribution in [0.3, 0.4) is 0 Å². The molecule has 0 saturated heterocycles. The van der Waals surface area contributed by atoms with Crippen LogP contribution in [0.1, 0.15) is 25.3 Å². The van der Waals surface area contributed by atoms with Gasteiger partial charge in [0.1, 0.15) is 0 Å². The Labute approximate surface area is 114 Å². The topological polar surface area (TPSA) is 63.6 Å². The van der Waals surface area contributed by atoms with Gasteiger partial charge in [0.2, 0.25) is 0 Å². The molecule has 1 fully saturated rings. The Balaban J connectivity index is 1.70. The molecule has 4 nitrogen and oxygen atoms in total. The van der Waals surface area contributed by atoms with Gasteiger partial charge in [-0.05, 0) is 37.2 Å². The lowest BCUT2D eigenvalue weighted by Gasteiger charge is -2.38. The SMILES string of the molecule is CC(OCc1ccccc1)C1CC(CS(=O)(=O)O)C1. The summed E-state index contributed by atoms with van der Waals surface area (Å²) in [7, 11) is -3.83. The summed E-state index contributed by atoms with van der Waals surface area (Å²) in [6, 6.07) is 9.98. The highest BCUT2D eigenvalue weighted by Crippen LogP contribution is 2.38. The fourth-order valence-corrected chi connectivity index (χ4v) is 3.41. The molecule has 1 atom stereocenters. The van der Waals surface area contributed by atoms with Crippen molar-refractivity contribution in [1.29, 1.82) is 0 Å². The third-order valence-corrected chi connectivity index (χ3v) is 4.63. The molecular formula is C14H20O4S. The second-order valence-electron chi connectivity index (χ2n) is 5.35. The van der Waals surface area contributed by atoms with Gasteiger partial charge in [-0.2, -0.15) is 8.42 Å². The summed E-state index contributed by atoms with van der Waals surface area (Å²) in [5.74, 6) is 0.368. The smallest absolute Gasteiger partial charge is 0.265 e. The van der Waals surface area contributed by atoms with Crippen LogP contribution in [0.15, 0.2) is 30.3 Å². The molecule has 0 aromatic heterocycles. The van der Waals surface area contributed by atoms with Gasteiger partial charge >= 0.3 is 0 Å². The van der Waals surface area contributed by atoms with Crippen LogP contribution in [0, 0.1) is 11.8 Å². The minimum Gasteiger partial charge on any atom is -0.374 e. The van der Waals surface area contributed by atoms with E-state index in [9.17, 15) is 8.42 Å². The molecule has 0 radical (unpaired) electrons. The van der Waals surface area contributed by atoms with Crippen LogP contribution in [0.5, 0.6) is 0 Å². The van der Waals surface area contributed by atoms with Gasteiger partial charge < -0.3 is 4.74 Å². The lowest BCUT2D eigenvalue weighted by Crippen LogP contribution is -2.36. The molecule has 5 heteroatoms. The summed E-state index contributed by atoms with van der Waals surface area (Å²) in [5.41, 5.74) is 1.14. The normalized spacial score (nSPS) is 24.7. The molecule has 2 rings (SSSR count). The number of benzene rings is 1. The van der Waals surface area contributed by atoms with Gasteiger partial charge in [-0.25, -0.2) is 0 Å². The molecule has 0 spiro atoms. The zero-order chi connectivity index (χ0) is 13.9. The largest absolute Gasteiger partial charge is 0.374 e. The van der Waals surface area contributed by atoms with Crippen molar-refractivity contribution in [3.8, 4) is 0 Å². The highest BCUT2D eigenvalue weighted by Gasteiger charge is 2.35. The van der Waals surface area contributed by atoms with E-state index in [1.54, 1.807) is 0 Å². The third-order valence-electron chi connectivity index (χ3n) is 3.74. The Kier molecular flexibility index (Phi) is 4.60. The van der Waals surface area contributed by atoms with E-state index >= 15 is 0 Å². The van der Waals surface area contributed by atoms with E-state index in [0.29, 0.717) is 12.5 Å². The van der Waals surface area contributed by atoms with E-state index in [1.807, 2.05) is 37.3 Å². The molecule has 0 heterocycles. The number of hydrogen-bond donors (Lipinski definition) is 1. The van der Waals surface area contributed by atoms with Crippen molar-refractivity contribution in [2.24, 2.45) is 11.8 Å². The van der Waals surface area contributed by atoms with Gasteiger partial charge in [0, 0.05) is 0 Å². The predicted octanol–water partition coefficient (Wildman–Crippen LogP) is 2.51. The number of rotatable bonds is 6. The Morgan fingerprint density at radius 1 is 1.32 bits per heavy atom. The van der Waals surface area contributed by atoms with Crippen LogP contribution in [0.4, 0.5) is 0 Å². The first kappa shape index (κ1) is 14.5. The van der Waals surface area contributed by atoms with Gasteiger partial charge in [-0.1, -0.05) is 30.3 Å². The first-order valence-electron chi connectivity index (χ1n) is 6.55. The van der Waals surface area contributed by atoms with Gasteiger partial charge in [0.15, 0.2) is 0 Å². The van der Waals surface area contributed by atoms with Gasteiger partial charge in [-0.15, -0.1) is 0 Å². The summed E-state index contributed by atoms with van der Waals surface area (Å²) in [6.07, 6.45) is 1.75. The summed E-state index contributed by atoms with van der Waals surface area (Å²) >= 11 is 0. The molecular weight excluding hydrogens is 264 g/mol. The second-order valence-corrected chi connectivity index (χ2v) is 6.84. The van der Waals surface area contributed by atoms with Crippen molar-refractivity contribution in [2.45, 2.75) is 32.5 Å². The van der Waals surface area contributed by atoms with E-state index in [0.717, 1.165) is 18.4 Å². The lowest BCUT2D eigenvalue weighted by molar-refractivity contribution is -0.0273. The predicted molar refractivity (Wildman–Crippen MR) is 73.3 cm³/mol.